The fraction of sp³-hybridized carbons (Fsp3) is 0.286. The Morgan fingerprint density at radius 2 is 2.25 bits per heavy atom. The fourth-order valence-corrected chi connectivity index (χ4v) is 2.49. The minimum absolute atomic E-state index is 0.0839. The van der Waals surface area contributed by atoms with Gasteiger partial charge in [-0.2, -0.15) is 0 Å². The molecule has 6 heteroatoms. The molecule has 0 aliphatic rings. The maximum Gasteiger partial charge on any atom is 0.188 e. The molecule has 1 heterocycles. The first-order valence-electron chi connectivity index (χ1n) is 6.14. The third-order valence-corrected chi connectivity index (χ3v) is 3.76. The standard InChI is InChI=1S/C14H18BrN3OS/c1-4-5-11(18-14-17-9-13(15)20-14)7-6-10(2)12(19)8-16-3/h4-7,9,16H,8H2,1-3H3,(H,17,18)/b5-4-,10-6+,11-7+. The van der Waals surface area contributed by atoms with Crippen LogP contribution in [0.3, 0.4) is 0 Å². The van der Waals surface area contributed by atoms with Crippen LogP contribution in [0.2, 0.25) is 0 Å². The van der Waals surface area contributed by atoms with Gasteiger partial charge in [-0.25, -0.2) is 4.98 Å². The summed E-state index contributed by atoms with van der Waals surface area (Å²) in [5.41, 5.74) is 1.59. The quantitative estimate of drug-likeness (QED) is 0.580. The van der Waals surface area contributed by atoms with Crippen LogP contribution in [0, 0.1) is 0 Å². The summed E-state index contributed by atoms with van der Waals surface area (Å²) in [5, 5.41) is 6.86. The Hall–Kier alpha value is -1.24. The third-order valence-electron chi connectivity index (χ3n) is 2.37. The van der Waals surface area contributed by atoms with E-state index in [0.717, 1.165) is 14.6 Å². The highest BCUT2D eigenvalue weighted by Gasteiger charge is 2.02. The zero-order valence-electron chi connectivity index (χ0n) is 11.7. The lowest BCUT2D eigenvalue weighted by atomic mass is 10.1. The van der Waals surface area contributed by atoms with Gasteiger partial charge in [-0.05, 0) is 54.6 Å². The number of carbonyl (C=O) groups excluding carboxylic acids is 1. The third kappa shape index (κ3) is 5.81. The SMILES string of the molecule is C\C=C/C(=C\C=C(/C)C(=O)CNC)Nc1ncc(Br)s1. The lowest BCUT2D eigenvalue weighted by Crippen LogP contribution is -2.18. The topological polar surface area (TPSA) is 54.0 Å². The van der Waals surface area contributed by atoms with Crippen molar-refractivity contribution in [2.45, 2.75) is 13.8 Å². The number of halogens is 1. The number of thiazole rings is 1. The molecule has 4 nitrogen and oxygen atoms in total. The van der Waals surface area contributed by atoms with Crippen LogP contribution in [0.4, 0.5) is 5.13 Å². The van der Waals surface area contributed by atoms with Crippen LogP contribution in [0.25, 0.3) is 0 Å². The van der Waals surface area contributed by atoms with Gasteiger partial charge >= 0.3 is 0 Å². The number of rotatable bonds is 7. The molecule has 20 heavy (non-hydrogen) atoms. The molecule has 0 radical (unpaired) electrons. The molecule has 0 bridgehead atoms. The van der Waals surface area contributed by atoms with Gasteiger partial charge in [-0.1, -0.05) is 23.5 Å². The van der Waals surface area contributed by atoms with Gasteiger partial charge < -0.3 is 10.6 Å². The molecule has 0 spiro atoms. The molecule has 0 aliphatic heterocycles. The van der Waals surface area contributed by atoms with Gasteiger partial charge in [0.1, 0.15) is 0 Å². The number of allylic oxidation sites excluding steroid dienone is 4. The number of hydrogen-bond donors (Lipinski definition) is 2. The van der Waals surface area contributed by atoms with Crippen LogP contribution in [-0.4, -0.2) is 24.4 Å². The number of nitrogens with zero attached hydrogens (tertiary/aromatic N) is 1. The summed E-state index contributed by atoms with van der Waals surface area (Å²) in [4.78, 5) is 15.9. The molecule has 1 aromatic heterocycles. The highest BCUT2D eigenvalue weighted by atomic mass is 79.9. The van der Waals surface area contributed by atoms with Gasteiger partial charge in [0.2, 0.25) is 0 Å². The van der Waals surface area contributed by atoms with E-state index in [1.807, 2.05) is 38.2 Å². The predicted molar refractivity (Wildman–Crippen MR) is 89.0 cm³/mol. The molecule has 0 unspecified atom stereocenters. The van der Waals surface area contributed by atoms with Gasteiger partial charge in [0.25, 0.3) is 0 Å². The van der Waals surface area contributed by atoms with Crippen LogP contribution < -0.4 is 10.6 Å². The molecule has 2 N–H and O–H groups in total. The molecule has 0 fully saturated rings. The summed E-state index contributed by atoms with van der Waals surface area (Å²) in [6, 6.07) is 0. The van der Waals surface area contributed by atoms with E-state index in [0.29, 0.717) is 12.1 Å². The molecule has 0 aromatic carbocycles. The van der Waals surface area contributed by atoms with Crippen LogP contribution in [-0.2, 0) is 4.79 Å². The number of likely N-dealkylation sites (N-methyl/N-ethyl adjacent to an activating group) is 1. The fourth-order valence-electron chi connectivity index (χ4n) is 1.36. The van der Waals surface area contributed by atoms with Crippen LogP contribution in [0.15, 0.2) is 45.6 Å². The van der Waals surface area contributed by atoms with E-state index in [1.54, 1.807) is 13.2 Å². The summed E-state index contributed by atoms with van der Waals surface area (Å²) < 4.78 is 0.968. The van der Waals surface area contributed by atoms with E-state index in [-0.39, 0.29) is 5.78 Å². The average Bonchev–Trinajstić information content (AvgIpc) is 2.81. The molecule has 0 aliphatic carbocycles. The Labute approximate surface area is 131 Å². The van der Waals surface area contributed by atoms with Crippen molar-refractivity contribution in [2.75, 3.05) is 18.9 Å². The van der Waals surface area contributed by atoms with E-state index >= 15 is 0 Å². The van der Waals surface area contributed by atoms with Crippen LogP contribution in [0.1, 0.15) is 13.8 Å². The van der Waals surface area contributed by atoms with Crippen molar-refractivity contribution in [3.05, 3.63) is 45.6 Å². The maximum absolute atomic E-state index is 11.7. The summed E-state index contributed by atoms with van der Waals surface area (Å²) in [6.07, 6.45) is 9.29. The van der Waals surface area contributed by atoms with E-state index in [1.165, 1.54) is 11.3 Å². The van der Waals surface area contributed by atoms with E-state index in [4.69, 9.17) is 0 Å². The smallest absolute Gasteiger partial charge is 0.188 e. The first kappa shape index (κ1) is 16.8. The zero-order chi connectivity index (χ0) is 15.0. The molecular weight excluding hydrogens is 338 g/mol. The van der Waals surface area contributed by atoms with Crippen molar-refractivity contribution in [1.82, 2.24) is 10.3 Å². The Kier molecular flexibility index (Phi) is 7.43. The second-order valence-electron chi connectivity index (χ2n) is 4.02. The van der Waals surface area contributed by atoms with Gasteiger partial charge in [-0.15, -0.1) is 0 Å². The number of ketones is 1. The largest absolute Gasteiger partial charge is 0.332 e. The number of nitrogens with one attached hydrogen (secondary N) is 2. The van der Waals surface area contributed by atoms with Gasteiger partial charge in [0.05, 0.1) is 16.5 Å². The van der Waals surface area contributed by atoms with Gasteiger partial charge in [-0.3, -0.25) is 4.79 Å². The monoisotopic (exact) mass is 355 g/mol. The number of aromatic nitrogens is 1. The normalized spacial score (nSPS) is 13.0. The summed E-state index contributed by atoms with van der Waals surface area (Å²) in [5.74, 6) is 0.0839. The molecule has 0 amide bonds. The maximum atomic E-state index is 11.7. The number of hydrogen-bond acceptors (Lipinski definition) is 5. The predicted octanol–water partition coefficient (Wildman–Crippen LogP) is 3.51. The van der Waals surface area contributed by atoms with Crippen molar-refractivity contribution < 1.29 is 4.79 Å². The molecular formula is C14H18BrN3OS. The van der Waals surface area contributed by atoms with Crippen molar-refractivity contribution >= 4 is 38.2 Å². The van der Waals surface area contributed by atoms with Crippen molar-refractivity contribution in [3.8, 4) is 0 Å². The van der Waals surface area contributed by atoms with E-state index < -0.39 is 0 Å². The summed E-state index contributed by atoms with van der Waals surface area (Å²) in [7, 11) is 1.76. The Balaban J connectivity index is 2.82. The zero-order valence-corrected chi connectivity index (χ0v) is 14.1. The first-order chi connectivity index (χ1) is 9.56. The van der Waals surface area contributed by atoms with E-state index in [9.17, 15) is 4.79 Å². The highest BCUT2D eigenvalue weighted by molar-refractivity contribution is 9.11. The van der Waals surface area contributed by atoms with E-state index in [2.05, 4.69) is 31.5 Å². The molecule has 0 saturated carbocycles. The first-order valence-corrected chi connectivity index (χ1v) is 7.75. The van der Waals surface area contributed by atoms with Gasteiger partial charge in [0.15, 0.2) is 10.9 Å². The molecule has 1 rings (SSSR count). The Bertz CT molecular complexity index is 546. The lowest BCUT2D eigenvalue weighted by Gasteiger charge is -2.03. The van der Waals surface area contributed by atoms with Gasteiger partial charge in [0, 0.05) is 5.70 Å². The molecule has 0 saturated heterocycles. The van der Waals surface area contributed by atoms with Crippen LogP contribution in [0.5, 0.6) is 0 Å². The van der Waals surface area contributed by atoms with Crippen LogP contribution >= 0.6 is 27.3 Å². The summed E-state index contributed by atoms with van der Waals surface area (Å²) in [6.45, 7) is 4.10. The number of Topliss-reactive ketones (excluding diaryl/α,β-unsaturated/α-hetero) is 1. The second kappa shape index (κ2) is 8.84. The minimum Gasteiger partial charge on any atom is -0.332 e. The average molecular weight is 356 g/mol. The van der Waals surface area contributed by atoms with Crippen molar-refractivity contribution in [1.29, 1.82) is 0 Å². The molecule has 1 aromatic rings. The van der Waals surface area contributed by atoms with Crippen molar-refractivity contribution in [3.63, 3.8) is 0 Å². The molecule has 0 atom stereocenters. The lowest BCUT2D eigenvalue weighted by molar-refractivity contribution is -0.114. The summed E-state index contributed by atoms with van der Waals surface area (Å²) >= 11 is 4.89. The van der Waals surface area contributed by atoms with Crippen molar-refractivity contribution in [2.24, 2.45) is 0 Å². The molecule has 108 valence electrons. The Morgan fingerprint density at radius 3 is 2.80 bits per heavy atom. The highest BCUT2D eigenvalue weighted by Crippen LogP contribution is 2.24. The Morgan fingerprint density at radius 1 is 1.50 bits per heavy atom. The number of anilines is 1. The number of carbonyl (C=O) groups is 1. The second-order valence-corrected chi connectivity index (χ2v) is 6.43. The minimum atomic E-state index is 0.0839.